The van der Waals surface area contributed by atoms with Gasteiger partial charge in [0.15, 0.2) is 0 Å². The standard InChI is InChI=1S/C19H31N3O3S.ClH/c1-3-21(4-2)13-9-12-20-19(23)17-10-8-11-18(16-17)26(24,25)22-14-6-5-7-15-22;/h8,10-11,16H,3-7,9,12-15H2,1-2H3,(H,20,23);1H. The van der Waals surface area contributed by atoms with Gasteiger partial charge in [-0.05, 0) is 57.1 Å². The maximum Gasteiger partial charge on any atom is 0.251 e. The first-order chi connectivity index (χ1) is 12.5. The number of rotatable bonds is 9. The van der Waals surface area contributed by atoms with E-state index in [-0.39, 0.29) is 23.2 Å². The maximum atomic E-state index is 12.8. The molecule has 1 aliphatic rings. The lowest BCUT2D eigenvalue weighted by molar-refractivity contribution is 0.0951. The molecular weight excluding hydrogens is 386 g/mol. The quantitative estimate of drug-likeness (QED) is 0.627. The van der Waals surface area contributed by atoms with Gasteiger partial charge < -0.3 is 10.2 Å². The molecule has 1 fully saturated rings. The van der Waals surface area contributed by atoms with Crippen LogP contribution in [0.15, 0.2) is 29.2 Å². The Hall–Kier alpha value is -1.15. The first-order valence-corrected chi connectivity index (χ1v) is 11.0. The second-order valence-corrected chi connectivity index (χ2v) is 8.57. The molecule has 1 saturated heterocycles. The molecule has 1 amide bonds. The van der Waals surface area contributed by atoms with Crippen molar-refractivity contribution < 1.29 is 13.2 Å². The Morgan fingerprint density at radius 3 is 2.44 bits per heavy atom. The Morgan fingerprint density at radius 2 is 1.81 bits per heavy atom. The van der Waals surface area contributed by atoms with Crippen molar-refractivity contribution in [3.63, 3.8) is 0 Å². The van der Waals surface area contributed by atoms with Crippen LogP contribution in [0.2, 0.25) is 0 Å². The molecule has 154 valence electrons. The molecule has 0 unspecified atom stereocenters. The number of hydrogen-bond acceptors (Lipinski definition) is 4. The summed E-state index contributed by atoms with van der Waals surface area (Å²) in [6.07, 6.45) is 3.74. The summed E-state index contributed by atoms with van der Waals surface area (Å²) in [5, 5.41) is 2.89. The van der Waals surface area contributed by atoms with E-state index in [0.717, 1.165) is 45.3 Å². The minimum absolute atomic E-state index is 0. The van der Waals surface area contributed by atoms with Crippen LogP contribution in [0.25, 0.3) is 0 Å². The van der Waals surface area contributed by atoms with Crippen LogP contribution in [0.5, 0.6) is 0 Å². The van der Waals surface area contributed by atoms with Crippen molar-refractivity contribution >= 4 is 28.3 Å². The molecule has 0 aliphatic carbocycles. The third-order valence-electron chi connectivity index (χ3n) is 4.88. The van der Waals surface area contributed by atoms with Gasteiger partial charge in [0.25, 0.3) is 5.91 Å². The average Bonchev–Trinajstić information content (AvgIpc) is 2.68. The van der Waals surface area contributed by atoms with E-state index < -0.39 is 10.0 Å². The van der Waals surface area contributed by atoms with Crippen molar-refractivity contribution in [1.29, 1.82) is 0 Å². The fourth-order valence-electron chi connectivity index (χ4n) is 3.20. The molecule has 0 saturated carbocycles. The van der Waals surface area contributed by atoms with E-state index in [1.54, 1.807) is 18.2 Å². The third-order valence-corrected chi connectivity index (χ3v) is 6.77. The van der Waals surface area contributed by atoms with Gasteiger partial charge in [-0.15, -0.1) is 12.4 Å². The first kappa shape index (κ1) is 23.9. The molecule has 1 heterocycles. The average molecular weight is 418 g/mol. The van der Waals surface area contributed by atoms with E-state index in [2.05, 4.69) is 24.1 Å². The summed E-state index contributed by atoms with van der Waals surface area (Å²) in [7, 11) is -3.51. The van der Waals surface area contributed by atoms with Gasteiger partial charge >= 0.3 is 0 Å². The zero-order chi connectivity index (χ0) is 19.0. The number of hydrogen-bond donors (Lipinski definition) is 1. The van der Waals surface area contributed by atoms with E-state index in [9.17, 15) is 13.2 Å². The molecule has 0 bridgehead atoms. The highest BCUT2D eigenvalue weighted by Crippen LogP contribution is 2.21. The van der Waals surface area contributed by atoms with E-state index >= 15 is 0 Å². The van der Waals surface area contributed by atoms with Gasteiger partial charge in [0, 0.05) is 25.2 Å². The smallest absolute Gasteiger partial charge is 0.251 e. The molecule has 1 aromatic carbocycles. The largest absolute Gasteiger partial charge is 0.352 e. The van der Waals surface area contributed by atoms with Crippen molar-refractivity contribution in [2.45, 2.75) is 44.4 Å². The van der Waals surface area contributed by atoms with E-state index in [1.165, 1.54) is 10.4 Å². The number of sulfonamides is 1. The van der Waals surface area contributed by atoms with Gasteiger partial charge in [-0.1, -0.05) is 26.3 Å². The van der Waals surface area contributed by atoms with Crippen LogP contribution < -0.4 is 5.32 Å². The van der Waals surface area contributed by atoms with Crippen LogP contribution in [0, 0.1) is 0 Å². The molecule has 0 radical (unpaired) electrons. The number of benzene rings is 1. The zero-order valence-electron chi connectivity index (χ0n) is 16.3. The highest BCUT2D eigenvalue weighted by molar-refractivity contribution is 7.89. The number of nitrogens with one attached hydrogen (secondary N) is 1. The lowest BCUT2D eigenvalue weighted by Crippen LogP contribution is -2.35. The van der Waals surface area contributed by atoms with E-state index in [4.69, 9.17) is 0 Å². The van der Waals surface area contributed by atoms with Gasteiger partial charge in [0.05, 0.1) is 4.90 Å². The van der Waals surface area contributed by atoms with E-state index in [0.29, 0.717) is 25.2 Å². The molecule has 0 atom stereocenters. The number of carbonyl (C=O) groups excluding carboxylic acids is 1. The fourth-order valence-corrected chi connectivity index (χ4v) is 4.76. The Bertz CT molecular complexity index is 687. The summed E-state index contributed by atoms with van der Waals surface area (Å²) in [6.45, 7) is 8.89. The van der Waals surface area contributed by atoms with Gasteiger partial charge in [0.2, 0.25) is 10.0 Å². The van der Waals surface area contributed by atoms with Crippen molar-refractivity contribution in [2.24, 2.45) is 0 Å². The van der Waals surface area contributed by atoms with Crippen molar-refractivity contribution in [3.8, 4) is 0 Å². The van der Waals surface area contributed by atoms with Gasteiger partial charge in [-0.2, -0.15) is 4.31 Å². The molecule has 8 heteroatoms. The second-order valence-electron chi connectivity index (χ2n) is 6.63. The van der Waals surface area contributed by atoms with E-state index in [1.807, 2.05) is 0 Å². The Kier molecular flexibility index (Phi) is 10.3. The van der Waals surface area contributed by atoms with Crippen LogP contribution in [0.4, 0.5) is 0 Å². The van der Waals surface area contributed by atoms with Crippen LogP contribution in [-0.4, -0.2) is 62.8 Å². The molecule has 2 rings (SSSR count). The summed E-state index contributed by atoms with van der Waals surface area (Å²) in [4.78, 5) is 14.9. The molecule has 1 N–H and O–H groups in total. The molecular formula is C19H32ClN3O3S. The lowest BCUT2D eigenvalue weighted by Gasteiger charge is -2.26. The highest BCUT2D eigenvalue weighted by atomic mass is 35.5. The monoisotopic (exact) mass is 417 g/mol. The summed E-state index contributed by atoms with van der Waals surface area (Å²) < 4.78 is 27.0. The molecule has 0 aromatic heterocycles. The number of halogens is 1. The normalized spacial score (nSPS) is 15.4. The van der Waals surface area contributed by atoms with Crippen LogP contribution in [0.1, 0.15) is 49.9 Å². The number of amides is 1. The predicted octanol–water partition coefficient (Wildman–Crippen LogP) is 2.74. The fraction of sp³-hybridized carbons (Fsp3) is 0.632. The predicted molar refractivity (Wildman–Crippen MR) is 111 cm³/mol. The van der Waals surface area contributed by atoms with Gasteiger partial charge in [-0.25, -0.2) is 8.42 Å². The minimum Gasteiger partial charge on any atom is -0.352 e. The van der Waals surface area contributed by atoms with Crippen molar-refractivity contribution in [3.05, 3.63) is 29.8 Å². The van der Waals surface area contributed by atoms with Gasteiger partial charge in [0.1, 0.15) is 0 Å². The maximum absolute atomic E-state index is 12.8. The third kappa shape index (κ3) is 6.75. The topological polar surface area (TPSA) is 69.7 Å². The zero-order valence-corrected chi connectivity index (χ0v) is 17.9. The van der Waals surface area contributed by atoms with Crippen molar-refractivity contribution in [1.82, 2.24) is 14.5 Å². The summed E-state index contributed by atoms with van der Waals surface area (Å²) >= 11 is 0. The lowest BCUT2D eigenvalue weighted by atomic mass is 10.2. The summed E-state index contributed by atoms with van der Waals surface area (Å²) in [5.74, 6) is -0.222. The summed E-state index contributed by atoms with van der Waals surface area (Å²) in [5.41, 5.74) is 0.394. The molecule has 1 aromatic rings. The van der Waals surface area contributed by atoms with Crippen LogP contribution in [-0.2, 0) is 10.0 Å². The van der Waals surface area contributed by atoms with Gasteiger partial charge in [-0.3, -0.25) is 4.79 Å². The Labute approximate surface area is 169 Å². The highest BCUT2D eigenvalue weighted by Gasteiger charge is 2.26. The minimum atomic E-state index is -3.51. The van der Waals surface area contributed by atoms with Crippen molar-refractivity contribution in [2.75, 3.05) is 39.3 Å². The molecule has 27 heavy (non-hydrogen) atoms. The first-order valence-electron chi connectivity index (χ1n) is 9.59. The SMILES string of the molecule is CCN(CC)CCCNC(=O)c1cccc(S(=O)(=O)N2CCCCC2)c1.Cl. The molecule has 0 spiro atoms. The number of piperidine rings is 1. The van der Waals surface area contributed by atoms with Crippen LogP contribution >= 0.6 is 12.4 Å². The van der Waals surface area contributed by atoms with Crippen LogP contribution in [0.3, 0.4) is 0 Å². The summed E-state index contributed by atoms with van der Waals surface area (Å²) in [6, 6.07) is 6.36. The number of carbonyl (C=O) groups is 1. The molecule has 1 aliphatic heterocycles. The number of nitrogens with zero attached hydrogens (tertiary/aromatic N) is 2. The second kappa shape index (κ2) is 11.6. The molecule has 6 nitrogen and oxygen atoms in total. The Balaban J connectivity index is 0.00000364. The Morgan fingerprint density at radius 1 is 1.15 bits per heavy atom.